The van der Waals surface area contributed by atoms with Crippen LogP contribution in [0.2, 0.25) is 0 Å². The monoisotopic (exact) mass is 478 g/mol. The molecule has 34 heavy (non-hydrogen) atoms. The maximum absolute atomic E-state index is 13.4. The number of nitrogens with one attached hydrogen (secondary N) is 1. The molecule has 0 radical (unpaired) electrons. The van der Waals surface area contributed by atoms with Crippen LogP contribution in [-0.4, -0.2) is 64.3 Å². The van der Waals surface area contributed by atoms with E-state index in [9.17, 15) is 14.4 Å². The predicted octanol–water partition coefficient (Wildman–Crippen LogP) is 3.48. The Morgan fingerprint density at radius 1 is 1.09 bits per heavy atom. The summed E-state index contributed by atoms with van der Waals surface area (Å²) < 4.78 is 0. The number of anilines is 2. The van der Waals surface area contributed by atoms with Crippen molar-refractivity contribution in [2.45, 2.75) is 38.9 Å². The molecule has 0 saturated carbocycles. The quantitative estimate of drug-likeness (QED) is 0.712. The van der Waals surface area contributed by atoms with Crippen molar-refractivity contribution in [2.75, 3.05) is 41.4 Å². The lowest BCUT2D eigenvalue weighted by Gasteiger charge is -2.48. The van der Waals surface area contributed by atoms with Gasteiger partial charge in [-0.05, 0) is 49.6 Å². The van der Waals surface area contributed by atoms with Crippen molar-refractivity contribution >= 4 is 40.9 Å². The lowest BCUT2D eigenvalue weighted by molar-refractivity contribution is -0.120. The van der Waals surface area contributed by atoms with Crippen molar-refractivity contribution in [3.63, 3.8) is 0 Å². The molecule has 3 amide bonds. The fourth-order valence-electron chi connectivity index (χ4n) is 5.26. The van der Waals surface area contributed by atoms with Gasteiger partial charge in [0.05, 0.1) is 11.3 Å². The van der Waals surface area contributed by atoms with Gasteiger partial charge in [0.2, 0.25) is 11.8 Å². The second-order valence-electron chi connectivity index (χ2n) is 9.38. The second-order valence-corrected chi connectivity index (χ2v) is 10.6. The number of thioether (sulfide) groups is 1. The van der Waals surface area contributed by atoms with Crippen molar-refractivity contribution in [1.29, 1.82) is 0 Å². The van der Waals surface area contributed by atoms with Crippen LogP contribution in [0.4, 0.5) is 11.4 Å². The van der Waals surface area contributed by atoms with Gasteiger partial charge in [0.1, 0.15) is 12.2 Å². The molecule has 3 aliphatic rings. The fraction of sp³-hybridized carbons (Fsp3) is 0.423. The van der Waals surface area contributed by atoms with E-state index in [4.69, 9.17) is 0 Å². The first-order chi connectivity index (χ1) is 16.4. The second kappa shape index (κ2) is 9.07. The summed E-state index contributed by atoms with van der Waals surface area (Å²) in [5, 5.41) is 3.03. The van der Waals surface area contributed by atoms with Crippen LogP contribution >= 0.6 is 11.8 Å². The van der Waals surface area contributed by atoms with E-state index in [2.05, 4.69) is 16.3 Å². The van der Waals surface area contributed by atoms with Crippen molar-refractivity contribution in [1.82, 2.24) is 9.80 Å². The maximum atomic E-state index is 13.4. The summed E-state index contributed by atoms with van der Waals surface area (Å²) in [7, 11) is 0. The Morgan fingerprint density at radius 2 is 1.85 bits per heavy atom. The molecule has 5 rings (SSSR count). The van der Waals surface area contributed by atoms with Gasteiger partial charge in [0.25, 0.3) is 5.91 Å². The Bertz CT molecular complexity index is 1150. The zero-order chi connectivity index (χ0) is 23.9. The van der Waals surface area contributed by atoms with Gasteiger partial charge >= 0.3 is 0 Å². The molecule has 1 unspecified atom stereocenters. The van der Waals surface area contributed by atoms with Gasteiger partial charge in [0.15, 0.2) is 0 Å². The van der Waals surface area contributed by atoms with Crippen LogP contribution in [0.5, 0.6) is 0 Å². The summed E-state index contributed by atoms with van der Waals surface area (Å²) in [6, 6.07) is 13.1. The molecule has 7 nitrogen and oxygen atoms in total. The van der Waals surface area contributed by atoms with E-state index in [1.165, 1.54) is 5.56 Å². The Balaban J connectivity index is 1.35. The number of fused-ring (bicyclic) bond motifs is 3. The van der Waals surface area contributed by atoms with Crippen LogP contribution in [-0.2, 0) is 16.1 Å². The molecule has 8 heteroatoms. The van der Waals surface area contributed by atoms with E-state index < -0.39 is 5.66 Å². The lowest BCUT2D eigenvalue weighted by Crippen LogP contribution is -2.63. The first kappa shape index (κ1) is 22.9. The van der Waals surface area contributed by atoms with E-state index in [0.717, 1.165) is 42.4 Å². The predicted molar refractivity (Wildman–Crippen MR) is 135 cm³/mol. The fourth-order valence-corrected chi connectivity index (χ4v) is 6.24. The lowest BCUT2D eigenvalue weighted by atomic mass is 9.98. The number of hydrogen-bond acceptors (Lipinski definition) is 5. The van der Waals surface area contributed by atoms with E-state index >= 15 is 0 Å². The summed E-state index contributed by atoms with van der Waals surface area (Å²) in [6.07, 6.45) is 0.855. The highest BCUT2D eigenvalue weighted by Crippen LogP contribution is 2.43. The largest absolute Gasteiger partial charge is 0.324 e. The number of carbonyl (C=O) groups is 3. The zero-order valence-corrected chi connectivity index (χ0v) is 20.5. The van der Waals surface area contributed by atoms with Gasteiger partial charge < -0.3 is 10.2 Å². The van der Waals surface area contributed by atoms with Gasteiger partial charge in [-0.15, -0.1) is 0 Å². The number of amides is 3. The Morgan fingerprint density at radius 3 is 2.65 bits per heavy atom. The average Bonchev–Trinajstić information content (AvgIpc) is 3.15. The minimum atomic E-state index is -0.844. The molecule has 2 aromatic rings. The molecule has 1 atom stereocenters. The average molecular weight is 479 g/mol. The van der Waals surface area contributed by atoms with Crippen LogP contribution in [0.1, 0.15) is 41.3 Å². The first-order valence-corrected chi connectivity index (χ1v) is 13.0. The van der Waals surface area contributed by atoms with E-state index in [0.29, 0.717) is 24.1 Å². The zero-order valence-electron chi connectivity index (χ0n) is 19.7. The van der Waals surface area contributed by atoms with Crippen LogP contribution < -0.4 is 10.2 Å². The number of nitrogens with zero attached hydrogens (tertiary/aromatic N) is 3. The maximum Gasteiger partial charge on any atom is 0.258 e. The van der Waals surface area contributed by atoms with E-state index in [-0.39, 0.29) is 24.3 Å². The number of benzene rings is 2. The van der Waals surface area contributed by atoms with Crippen LogP contribution in [0, 0.1) is 6.92 Å². The number of rotatable bonds is 5. The number of para-hydroxylation sites is 1. The number of carbonyl (C=O) groups excluding carboxylic acids is 3. The minimum absolute atomic E-state index is 0.0208. The molecule has 3 heterocycles. The molecule has 0 aromatic heterocycles. The third-order valence-electron chi connectivity index (χ3n) is 7.27. The van der Waals surface area contributed by atoms with Crippen LogP contribution in [0.3, 0.4) is 0 Å². The first-order valence-electron chi connectivity index (χ1n) is 11.8. The van der Waals surface area contributed by atoms with E-state index in [1.54, 1.807) is 21.9 Å². The summed E-state index contributed by atoms with van der Waals surface area (Å²) in [5.41, 5.74) is 3.27. The van der Waals surface area contributed by atoms with Gasteiger partial charge in [-0.1, -0.05) is 24.3 Å². The molecule has 0 bridgehead atoms. The molecule has 0 spiro atoms. The van der Waals surface area contributed by atoms with Gasteiger partial charge in [-0.2, -0.15) is 11.8 Å². The summed E-state index contributed by atoms with van der Waals surface area (Å²) in [4.78, 5) is 45.0. The molecular weight excluding hydrogens is 448 g/mol. The Hall–Kier alpha value is -2.84. The minimum Gasteiger partial charge on any atom is -0.324 e. The van der Waals surface area contributed by atoms with Gasteiger partial charge in [-0.25, -0.2) is 0 Å². The summed E-state index contributed by atoms with van der Waals surface area (Å²) in [5.74, 6) is 1.81. The Labute approximate surface area is 204 Å². The molecule has 1 N–H and O–H groups in total. The van der Waals surface area contributed by atoms with Crippen LogP contribution in [0.15, 0.2) is 42.5 Å². The molecule has 3 aliphatic heterocycles. The number of hydrogen-bond donors (Lipinski definition) is 1. The highest BCUT2D eigenvalue weighted by molar-refractivity contribution is 7.99. The summed E-state index contributed by atoms with van der Waals surface area (Å²) >= 11 is 1.99. The molecule has 2 aromatic carbocycles. The van der Waals surface area contributed by atoms with Crippen molar-refractivity contribution in [3.05, 3.63) is 59.2 Å². The highest BCUT2D eigenvalue weighted by Gasteiger charge is 2.53. The Kier molecular flexibility index (Phi) is 6.12. The molecule has 0 aliphatic carbocycles. The standard InChI is InChI=1S/C26H30N4O3S/c1-18-19(16-28-12-14-34-15-13-28)6-5-8-21(18)27-23(31)17-29-25(33)20-7-3-4-9-22(20)30-24(32)10-11-26(29,30)2/h3-9H,10-17H2,1-2H3,(H,27,31). The SMILES string of the molecule is Cc1c(CN2CCSCC2)cccc1NC(=O)CN1C(=O)c2ccccc2N2C(=O)CCC12C. The molecule has 178 valence electrons. The molecular formula is C26H30N4O3S. The smallest absolute Gasteiger partial charge is 0.258 e. The third kappa shape index (κ3) is 3.99. The molecule has 2 saturated heterocycles. The molecule has 2 fully saturated rings. The van der Waals surface area contributed by atoms with Crippen molar-refractivity contribution < 1.29 is 14.4 Å². The third-order valence-corrected chi connectivity index (χ3v) is 8.21. The van der Waals surface area contributed by atoms with Gasteiger partial charge in [-0.3, -0.25) is 24.2 Å². The van der Waals surface area contributed by atoms with Crippen molar-refractivity contribution in [3.8, 4) is 0 Å². The van der Waals surface area contributed by atoms with E-state index in [1.807, 2.05) is 49.9 Å². The normalized spacial score (nSPS) is 22.5. The van der Waals surface area contributed by atoms with Gasteiger partial charge in [0, 0.05) is 43.2 Å². The topological polar surface area (TPSA) is 73.0 Å². The van der Waals surface area contributed by atoms with Crippen LogP contribution in [0.25, 0.3) is 0 Å². The summed E-state index contributed by atoms with van der Waals surface area (Å²) in [6.45, 7) is 6.82. The van der Waals surface area contributed by atoms with Crippen molar-refractivity contribution in [2.24, 2.45) is 0 Å². The highest BCUT2D eigenvalue weighted by atomic mass is 32.2.